The molecule has 10 heteroatoms. The first kappa shape index (κ1) is 20.4. The number of aliphatic hydroxyl groups is 1. The Labute approximate surface area is 180 Å². The fraction of sp³-hybridized carbons (Fsp3) is 0.429. The molecule has 31 heavy (non-hydrogen) atoms. The van der Waals surface area contributed by atoms with Gasteiger partial charge in [-0.2, -0.15) is 8.42 Å². The van der Waals surface area contributed by atoms with Gasteiger partial charge in [0.05, 0.1) is 24.1 Å². The van der Waals surface area contributed by atoms with Gasteiger partial charge < -0.3 is 15.0 Å². The lowest BCUT2D eigenvalue weighted by Crippen LogP contribution is -2.24. The first-order valence-corrected chi connectivity index (χ1v) is 11.9. The second kappa shape index (κ2) is 7.86. The van der Waals surface area contributed by atoms with Gasteiger partial charge in [0.15, 0.2) is 0 Å². The van der Waals surface area contributed by atoms with Crippen molar-refractivity contribution in [2.24, 2.45) is 11.1 Å². The van der Waals surface area contributed by atoms with Gasteiger partial charge in [-0.15, -0.1) is 0 Å². The predicted octanol–water partition coefficient (Wildman–Crippen LogP) is 2.06. The van der Waals surface area contributed by atoms with E-state index in [9.17, 15) is 13.5 Å². The lowest BCUT2D eigenvalue weighted by Gasteiger charge is -2.16. The summed E-state index contributed by atoms with van der Waals surface area (Å²) in [4.78, 5) is 8.97. The van der Waals surface area contributed by atoms with E-state index >= 15 is 0 Å². The van der Waals surface area contributed by atoms with E-state index in [-0.39, 0.29) is 24.6 Å². The first-order chi connectivity index (χ1) is 14.9. The van der Waals surface area contributed by atoms with Crippen LogP contribution in [-0.4, -0.2) is 40.8 Å². The van der Waals surface area contributed by atoms with Crippen LogP contribution < -0.4 is 10.5 Å². The van der Waals surface area contributed by atoms with Crippen molar-refractivity contribution < 1.29 is 17.7 Å². The van der Waals surface area contributed by atoms with Gasteiger partial charge >= 0.3 is 10.3 Å². The maximum atomic E-state index is 11.1. The molecule has 1 aromatic carbocycles. The second-order valence-corrected chi connectivity index (χ2v) is 9.57. The van der Waals surface area contributed by atoms with E-state index in [1.807, 2.05) is 16.8 Å². The van der Waals surface area contributed by atoms with Crippen LogP contribution in [0, 0.1) is 5.92 Å². The topological polar surface area (TPSA) is 132 Å². The van der Waals surface area contributed by atoms with Crippen LogP contribution in [0.1, 0.15) is 42.5 Å². The summed E-state index contributed by atoms with van der Waals surface area (Å²) in [6, 6.07) is 10.6. The van der Waals surface area contributed by atoms with Crippen LogP contribution in [0.2, 0.25) is 0 Å². The Bertz CT molecular complexity index is 1210. The van der Waals surface area contributed by atoms with Gasteiger partial charge in [-0.25, -0.2) is 15.1 Å². The Kier molecular flexibility index (Phi) is 5.17. The van der Waals surface area contributed by atoms with Crippen molar-refractivity contribution in [2.75, 3.05) is 11.9 Å². The molecule has 0 radical (unpaired) electrons. The maximum absolute atomic E-state index is 11.1. The van der Waals surface area contributed by atoms with Crippen molar-refractivity contribution in [3.63, 3.8) is 0 Å². The van der Waals surface area contributed by atoms with Crippen LogP contribution in [-0.2, 0) is 20.9 Å². The minimum absolute atomic E-state index is 0.0171. The molecule has 0 saturated heterocycles. The van der Waals surface area contributed by atoms with Crippen molar-refractivity contribution in [3.05, 3.63) is 54.0 Å². The molecule has 2 aromatic heterocycles. The van der Waals surface area contributed by atoms with Crippen molar-refractivity contribution in [2.45, 2.75) is 43.9 Å². The highest BCUT2D eigenvalue weighted by atomic mass is 32.2. The normalized spacial score (nSPS) is 25.7. The largest absolute Gasteiger partial charge is 0.393 e. The highest BCUT2D eigenvalue weighted by Crippen LogP contribution is 2.39. The number of hydrogen-bond donors (Lipinski definition) is 3. The monoisotopic (exact) mass is 443 g/mol. The van der Waals surface area contributed by atoms with E-state index in [0.717, 1.165) is 29.7 Å². The molecule has 0 aliphatic heterocycles. The van der Waals surface area contributed by atoms with Crippen molar-refractivity contribution in [1.29, 1.82) is 0 Å². The molecule has 5 rings (SSSR count). The zero-order valence-electron chi connectivity index (χ0n) is 16.9. The number of aryl methyl sites for hydroxylation is 1. The molecule has 0 bridgehead atoms. The highest BCUT2D eigenvalue weighted by molar-refractivity contribution is 7.84. The first-order valence-electron chi connectivity index (χ1n) is 10.4. The number of fused-ring (bicyclic) bond motifs is 2. The van der Waals surface area contributed by atoms with Gasteiger partial charge in [0, 0.05) is 18.2 Å². The zero-order chi connectivity index (χ0) is 21.6. The average Bonchev–Trinajstić information content (AvgIpc) is 3.43. The Morgan fingerprint density at radius 2 is 2.06 bits per heavy atom. The summed E-state index contributed by atoms with van der Waals surface area (Å²) < 4.78 is 28.9. The Balaban J connectivity index is 1.37. The minimum atomic E-state index is -4.03. The molecule has 164 valence electrons. The number of nitrogens with one attached hydrogen (secondary N) is 1. The maximum Gasteiger partial charge on any atom is 0.333 e. The van der Waals surface area contributed by atoms with E-state index in [4.69, 9.17) is 9.32 Å². The van der Waals surface area contributed by atoms with E-state index < -0.39 is 16.4 Å². The van der Waals surface area contributed by atoms with Crippen LogP contribution in [0.15, 0.2) is 42.9 Å². The zero-order valence-corrected chi connectivity index (χ0v) is 17.7. The summed E-state index contributed by atoms with van der Waals surface area (Å²) in [5.74, 6) is 0.480. The number of hydrogen-bond acceptors (Lipinski definition) is 7. The molecule has 4 atom stereocenters. The van der Waals surface area contributed by atoms with Crippen molar-refractivity contribution >= 4 is 27.2 Å². The number of anilines is 1. The summed E-state index contributed by atoms with van der Waals surface area (Å²) >= 11 is 0. The summed E-state index contributed by atoms with van der Waals surface area (Å²) in [6.45, 7) is -0.126. The van der Waals surface area contributed by atoms with E-state index in [1.165, 1.54) is 11.1 Å². The molecule has 2 heterocycles. The van der Waals surface area contributed by atoms with Crippen molar-refractivity contribution in [1.82, 2.24) is 14.5 Å². The van der Waals surface area contributed by atoms with Crippen LogP contribution in [0.25, 0.3) is 11.0 Å². The van der Waals surface area contributed by atoms with E-state index in [1.54, 1.807) is 6.33 Å². The van der Waals surface area contributed by atoms with Crippen molar-refractivity contribution in [3.8, 4) is 0 Å². The van der Waals surface area contributed by atoms with Crippen LogP contribution >= 0.6 is 0 Å². The molecule has 4 N–H and O–H groups in total. The summed E-state index contributed by atoms with van der Waals surface area (Å²) in [5, 5.41) is 19.8. The molecule has 3 aromatic rings. The van der Waals surface area contributed by atoms with E-state index in [2.05, 4.69) is 39.6 Å². The second-order valence-electron chi connectivity index (χ2n) is 8.35. The third-order valence-electron chi connectivity index (χ3n) is 6.43. The van der Waals surface area contributed by atoms with Gasteiger partial charge in [0.25, 0.3) is 0 Å². The fourth-order valence-electron chi connectivity index (χ4n) is 4.92. The van der Waals surface area contributed by atoms with Gasteiger partial charge in [0.2, 0.25) is 0 Å². The molecule has 9 nitrogen and oxygen atoms in total. The van der Waals surface area contributed by atoms with Gasteiger partial charge in [-0.1, -0.05) is 24.3 Å². The van der Waals surface area contributed by atoms with Crippen LogP contribution in [0.3, 0.4) is 0 Å². The molecule has 3 unspecified atom stereocenters. The lowest BCUT2D eigenvalue weighted by atomic mass is 10.1. The van der Waals surface area contributed by atoms with Crippen LogP contribution in [0.4, 0.5) is 5.82 Å². The molecule has 1 saturated carbocycles. The number of nitrogens with two attached hydrogens (primary N) is 1. The summed E-state index contributed by atoms with van der Waals surface area (Å²) in [7, 11) is -4.03. The standard InChI is InChI=1S/C21H25N5O4S/c22-31(28,29)30-11-14-9-15(10-19(14)27)26-8-7-17-20(23-12-24-21(17)26)25-18-6-5-13-3-1-2-4-16(13)18/h1-4,7-8,12,14-15,18-19,27H,5-6,9-11H2,(H2,22,28,29)(H,23,24,25)/t14-,15?,18?,19?/m0/s1. The van der Waals surface area contributed by atoms with Crippen LogP contribution in [0.5, 0.6) is 0 Å². The smallest absolute Gasteiger partial charge is 0.333 e. The molecule has 0 amide bonds. The quantitative estimate of drug-likeness (QED) is 0.531. The summed E-state index contributed by atoms with van der Waals surface area (Å²) in [6.07, 6.45) is 5.96. The molecule has 0 spiro atoms. The third kappa shape index (κ3) is 4.03. The fourth-order valence-corrected chi connectivity index (χ4v) is 5.28. The molecule has 1 fully saturated rings. The number of rotatable bonds is 6. The van der Waals surface area contributed by atoms with Gasteiger partial charge in [0.1, 0.15) is 17.8 Å². The minimum Gasteiger partial charge on any atom is -0.393 e. The Morgan fingerprint density at radius 3 is 2.90 bits per heavy atom. The highest BCUT2D eigenvalue weighted by Gasteiger charge is 2.35. The number of aliphatic hydroxyl groups excluding tert-OH is 1. The molecule has 2 aliphatic rings. The Hall–Kier alpha value is -2.53. The third-order valence-corrected chi connectivity index (χ3v) is 6.89. The van der Waals surface area contributed by atoms with Gasteiger partial charge in [-0.05, 0) is 42.9 Å². The number of benzene rings is 1. The molecular formula is C21H25N5O4S. The van der Waals surface area contributed by atoms with E-state index in [0.29, 0.717) is 12.8 Å². The number of nitrogens with zero attached hydrogens (tertiary/aromatic N) is 3. The molecular weight excluding hydrogens is 418 g/mol. The SMILES string of the molecule is NS(=O)(=O)OC[C@@H]1CC(n2ccc3c(NC4CCc5ccccc54)ncnc32)CC1O. The lowest BCUT2D eigenvalue weighted by molar-refractivity contribution is 0.100. The Morgan fingerprint density at radius 1 is 1.23 bits per heavy atom. The summed E-state index contributed by atoms with van der Waals surface area (Å²) in [5.41, 5.74) is 3.47. The average molecular weight is 444 g/mol. The molecule has 2 aliphatic carbocycles. The van der Waals surface area contributed by atoms with Gasteiger partial charge in [-0.3, -0.25) is 4.18 Å². The number of aromatic nitrogens is 3. The predicted molar refractivity (Wildman–Crippen MR) is 115 cm³/mol.